The number of hydrogen-bond acceptors (Lipinski definition) is 4. The normalized spacial score (nSPS) is 13.3. The van der Waals surface area contributed by atoms with Crippen LogP contribution >= 0.6 is 11.3 Å². The van der Waals surface area contributed by atoms with Crippen LogP contribution in [0.2, 0.25) is 0 Å². The van der Waals surface area contributed by atoms with Crippen molar-refractivity contribution in [2.75, 3.05) is 6.54 Å². The van der Waals surface area contributed by atoms with E-state index in [0.29, 0.717) is 17.9 Å². The van der Waals surface area contributed by atoms with Gasteiger partial charge in [-0.05, 0) is 25.0 Å². The monoisotopic (exact) mass is 385 g/mol. The van der Waals surface area contributed by atoms with E-state index in [0.717, 1.165) is 21.7 Å². The second-order valence-corrected chi connectivity index (χ2v) is 7.30. The van der Waals surface area contributed by atoms with Gasteiger partial charge in [-0.25, -0.2) is 0 Å². The summed E-state index contributed by atoms with van der Waals surface area (Å²) in [4.78, 5) is 12.9. The number of carbonyl (C=O) groups is 1. The Bertz CT molecular complexity index is 940. The van der Waals surface area contributed by atoms with Crippen molar-refractivity contribution in [2.45, 2.75) is 26.6 Å². The smallest absolute Gasteiger partial charge is 0.351 e. The fourth-order valence-corrected chi connectivity index (χ4v) is 3.65. The Labute approximate surface area is 151 Å². The molecule has 3 heterocycles. The summed E-state index contributed by atoms with van der Waals surface area (Å²) in [5, 5.41) is 10.4. The summed E-state index contributed by atoms with van der Waals surface area (Å²) in [5.74, 6) is -0.261. The molecule has 0 saturated carbocycles. The summed E-state index contributed by atoms with van der Waals surface area (Å²) >= 11 is 0.999. The number of nitrogens with zero attached hydrogens (tertiary/aromatic N) is 4. The van der Waals surface area contributed by atoms with Crippen molar-refractivity contribution < 1.29 is 18.0 Å². The number of halogens is 3. The van der Waals surface area contributed by atoms with Gasteiger partial charge in [0.15, 0.2) is 5.69 Å². The minimum absolute atomic E-state index is 0.0460. The predicted molar refractivity (Wildman–Crippen MR) is 92.1 cm³/mol. The molecule has 0 aliphatic heterocycles. The number of aromatic nitrogens is 4. The third kappa shape index (κ3) is 3.59. The first-order valence-electron chi connectivity index (χ1n) is 7.97. The lowest BCUT2D eigenvalue weighted by atomic mass is 10.2. The van der Waals surface area contributed by atoms with E-state index in [1.165, 1.54) is 13.1 Å². The van der Waals surface area contributed by atoms with Gasteiger partial charge in [0, 0.05) is 37.4 Å². The highest BCUT2D eigenvalue weighted by atomic mass is 32.1. The minimum Gasteiger partial charge on any atom is -0.351 e. The van der Waals surface area contributed by atoms with E-state index in [1.807, 2.05) is 24.6 Å². The molecule has 0 radical (unpaired) electrons. The van der Waals surface area contributed by atoms with Crippen molar-refractivity contribution in [1.82, 2.24) is 24.9 Å². The Hall–Kier alpha value is -2.36. The SMILES string of the molecule is Cc1ccnn1CC(C)CNC(=O)c1cc2c(C(F)(F)F)nn(C)c2s1. The number of hydrogen-bond donors (Lipinski definition) is 1. The number of fused-ring (bicyclic) bond motifs is 1. The van der Waals surface area contributed by atoms with Gasteiger partial charge in [0.1, 0.15) is 4.83 Å². The number of thiophene rings is 1. The molecule has 1 N–H and O–H groups in total. The van der Waals surface area contributed by atoms with Gasteiger partial charge in [-0.3, -0.25) is 14.2 Å². The first-order chi connectivity index (χ1) is 12.2. The first kappa shape index (κ1) is 18.4. The molecule has 3 rings (SSSR count). The van der Waals surface area contributed by atoms with Crippen LogP contribution in [0.25, 0.3) is 10.2 Å². The lowest BCUT2D eigenvalue weighted by Crippen LogP contribution is -2.29. The van der Waals surface area contributed by atoms with E-state index in [1.54, 1.807) is 6.20 Å². The van der Waals surface area contributed by atoms with Crippen LogP contribution in [-0.2, 0) is 19.8 Å². The van der Waals surface area contributed by atoms with E-state index in [4.69, 9.17) is 0 Å². The van der Waals surface area contributed by atoms with Gasteiger partial charge in [-0.15, -0.1) is 11.3 Å². The Balaban J connectivity index is 1.69. The second-order valence-electron chi connectivity index (χ2n) is 6.27. The average Bonchev–Trinajstić information content (AvgIpc) is 3.22. The number of alkyl halides is 3. The highest BCUT2D eigenvalue weighted by Gasteiger charge is 2.37. The molecule has 26 heavy (non-hydrogen) atoms. The van der Waals surface area contributed by atoms with Gasteiger partial charge in [0.2, 0.25) is 0 Å². The lowest BCUT2D eigenvalue weighted by Gasteiger charge is -2.13. The number of amides is 1. The summed E-state index contributed by atoms with van der Waals surface area (Å²) in [6, 6.07) is 3.16. The first-order valence-corrected chi connectivity index (χ1v) is 8.79. The standard InChI is InChI=1S/C16H18F3N5OS/c1-9(8-24-10(2)4-5-21-24)7-20-14(25)12-6-11-13(16(17,18)19)22-23(3)15(11)26-12/h4-6,9H,7-8H2,1-3H3,(H,20,25). The zero-order valence-corrected chi connectivity index (χ0v) is 15.3. The maximum absolute atomic E-state index is 13.0. The second kappa shape index (κ2) is 6.75. The van der Waals surface area contributed by atoms with Gasteiger partial charge >= 0.3 is 6.18 Å². The van der Waals surface area contributed by atoms with E-state index in [2.05, 4.69) is 15.5 Å². The molecule has 0 aliphatic rings. The van der Waals surface area contributed by atoms with Gasteiger partial charge in [-0.1, -0.05) is 6.92 Å². The summed E-state index contributed by atoms with van der Waals surface area (Å²) in [6.45, 7) is 4.96. The summed E-state index contributed by atoms with van der Waals surface area (Å²) in [6.07, 6.45) is -2.84. The number of rotatable bonds is 5. The lowest BCUT2D eigenvalue weighted by molar-refractivity contribution is -0.140. The zero-order valence-electron chi connectivity index (χ0n) is 14.5. The van der Waals surface area contributed by atoms with Gasteiger partial charge in [0.25, 0.3) is 5.91 Å². The molecular weight excluding hydrogens is 367 g/mol. The van der Waals surface area contributed by atoms with Crippen LogP contribution in [0.15, 0.2) is 18.3 Å². The maximum Gasteiger partial charge on any atom is 0.435 e. The van der Waals surface area contributed by atoms with Crippen molar-refractivity contribution >= 4 is 27.5 Å². The highest BCUT2D eigenvalue weighted by Crippen LogP contribution is 2.37. The summed E-state index contributed by atoms with van der Waals surface area (Å²) in [5.41, 5.74) is 0.0627. The van der Waals surface area contributed by atoms with Crippen LogP contribution in [0, 0.1) is 12.8 Å². The zero-order chi connectivity index (χ0) is 19.1. The molecule has 1 amide bonds. The van der Waals surface area contributed by atoms with Crippen LogP contribution in [0.1, 0.15) is 28.0 Å². The quantitative estimate of drug-likeness (QED) is 0.733. The summed E-state index contributed by atoms with van der Waals surface area (Å²) in [7, 11) is 1.43. The molecule has 1 atom stereocenters. The molecule has 0 fully saturated rings. The Kier molecular flexibility index (Phi) is 4.78. The van der Waals surface area contributed by atoms with Crippen molar-refractivity contribution in [3.05, 3.63) is 34.6 Å². The van der Waals surface area contributed by atoms with E-state index in [9.17, 15) is 18.0 Å². The molecule has 10 heteroatoms. The Morgan fingerprint density at radius 2 is 2.15 bits per heavy atom. The van der Waals surface area contributed by atoms with Gasteiger partial charge in [0.05, 0.1) is 4.88 Å². The Morgan fingerprint density at radius 3 is 2.77 bits per heavy atom. The highest BCUT2D eigenvalue weighted by molar-refractivity contribution is 7.20. The van der Waals surface area contributed by atoms with Gasteiger partial charge < -0.3 is 5.32 Å². The number of nitrogens with one attached hydrogen (secondary N) is 1. The molecule has 140 valence electrons. The van der Waals surface area contributed by atoms with Crippen molar-refractivity contribution in [3.63, 3.8) is 0 Å². The third-order valence-electron chi connectivity index (χ3n) is 4.03. The molecule has 0 aliphatic carbocycles. The Morgan fingerprint density at radius 1 is 1.42 bits per heavy atom. The predicted octanol–water partition coefficient (Wildman–Crippen LogP) is 3.22. The topological polar surface area (TPSA) is 64.7 Å². The third-order valence-corrected chi connectivity index (χ3v) is 5.23. The fourth-order valence-electron chi connectivity index (χ4n) is 2.67. The maximum atomic E-state index is 13.0. The molecule has 0 saturated heterocycles. The van der Waals surface area contributed by atoms with Crippen molar-refractivity contribution in [2.24, 2.45) is 13.0 Å². The summed E-state index contributed by atoms with van der Waals surface area (Å²) < 4.78 is 42.1. The van der Waals surface area contributed by atoms with E-state index < -0.39 is 11.9 Å². The molecule has 1 unspecified atom stereocenters. The molecule has 0 aromatic carbocycles. The van der Waals surface area contributed by atoms with Gasteiger partial charge in [-0.2, -0.15) is 23.4 Å². The van der Waals surface area contributed by atoms with Crippen LogP contribution in [0.5, 0.6) is 0 Å². The van der Waals surface area contributed by atoms with E-state index >= 15 is 0 Å². The molecule has 3 aromatic rings. The van der Waals surface area contributed by atoms with Crippen molar-refractivity contribution in [1.29, 1.82) is 0 Å². The molecular formula is C16H18F3N5OS. The van der Waals surface area contributed by atoms with Crippen LogP contribution in [0.3, 0.4) is 0 Å². The fraction of sp³-hybridized carbons (Fsp3) is 0.438. The number of aryl methyl sites for hydroxylation is 2. The molecule has 6 nitrogen and oxygen atoms in total. The molecule has 0 spiro atoms. The molecule has 0 bridgehead atoms. The number of carbonyl (C=O) groups excluding carboxylic acids is 1. The van der Waals surface area contributed by atoms with Crippen LogP contribution in [-0.4, -0.2) is 32.0 Å². The minimum atomic E-state index is -4.55. The largest absolute Gasteiger partial charge is 0.435 e. The molecule has 3 aromatic heterocycles. The van der Waals surface area contributed by atoms with E-state index in [-0.39, 0.29) is 22.1 Å². The van der Waals surface area contributed by atoms with Crippen molar-refractivity contribution in [3.8, 4) is 0 Å². The average molecular weight is 385 g/mol. The van der Waals surface area contributed by atoms with Crippen LogP contribution < -0.4 is 5.32 Å². The van der Waals surface area contributed by atoms with Crippen LogP contribution in [0.4, 0.5) is 13.2 Å².